The molecule has 0 aromatic rings. The molecule has 0 radical (unpaired) electrons. The third-order valence-corrected chi connectivity index (χ3v) is 6.22. The zero-order valence-corrected chi connectivity index (χ0v) is 21.5. The monoisotopic (exact) mass is 603 g/mol. The van der Waals surface area contributed by atoms with Crippen LogP contribution >= 0.6 is 0 Å². The molecule has 0 rings (SSSR count). The summed E-state index contributed by atoms with van der Waals surface area (Å²) in [4.78, 5) is 25.5. The van der Waals surface area contributed by atoms with Crippen LogP contribution < -0.4 is 0 Å². The van der Waals surface area contributed by atoms with Crippen molar-refractivity contribution < 1.29 is 75.9 Å². The van der Waals surface area contributed by atoms with Crippen LogP contribution in [0.4, 0.5) is 43.9 Å². The van der Waals surface area contributed by atoms with Gasteiger partial charge in [-0.05, 0) is 47.5 Å². The maximum atomic E-state index is 14.2. The zero-order valence-electron chi connectivity index (χ0n) is 20.6. The summed E-state index contributed by atoms with van der Waals surface area (Å²) < 4.78 is 174. The number of amides is 1. The molecule has 0 saturated carbocycles. The molecule has 0 aromatic heterocycles. The van der Waals surface area contributed by atoms with Gasteiger partial charge < -0.3 is 14.4 Å². The van der Waals surface area contributed by atoms with Gasteiger partial charge in [-0.3, -0.25) is 14.1 Å². The molecule has 0 aromatic carbocycles. The highest BCUT2D eigenvalue weighted by Gasteiger charge is 2.70. The first-order valence-corrected chi connectivity index (χ1v) is 12.1. The Kier molecular flexibility index (Phi) is 11.1. The summed E-state index contributed by atoms with van der Waals surface area (Å²) in [5.74, 6) is -14.8. The molecule has 0 spiro atoms. The molecule has 1 unspecified atom stereocenters. The first kappa shape index (κ1) is 36.1. The fraction of sp³-hybridized carbons (Fsp3) is 0.895. The molecular formula is C19H27F10NO7S. The normalized spacial score (nSPS) is 15.8. The topological polar surface area (TPSA) is 110 Å². The molecule has 38 heavy (non-hydrogen) atoms. The van der Waals surface area contributed by atoms with E-state index in [2.05, 4.69) is 9.47 Å². The summed E-state index contributed by atoms with van der Waals surface area (Å²) in [6, 6.07) is -1.03. The van der Waals surface area contributed by atoms with Gasteiger partial charge in [-0.2, -0.15) is 52.3 Å². The van der Waals surface area contributed by atoms with Gasteiger partial charge in [-0.1, -0.05) is 0 Å². The maximum absolute atomic E-state index is 14.2. The summed E-state index contributed by atoms with van der Waals surface area (Å²) in [6.07, 6.45) is -15.7. The molecule has 1 N–H and O–H groups in total. The summed E-state index contributed by atoms with van der Waals surface area (Å²) >= 11 is 0. The number of carbonyl (C=O) groups is 2. The SMILES string of the molecule is CCN(C(=O)C(OCCCCC(F)(F)C(F)(F)S(=O)(=O)O)(OC(=O)C(C)(C)C(F)(F)F)C(F)(F)F)C(C)C. The second-order valence-corrected chi connectivity index (χ2v) is 10.3. The van der Waals surface area contributed by atoms with Crippen LogP contribution in [0.2, 0.25) is 0 Å². The van der Waals surface area contributed by atoms with Crippen LogP contribution in [0.15, 0.2) is 0 Å². The number of halogens is 10. The summed E-state index contributed by atoms with van der Waals surface area (Å²) in [7, 11) is -6.58. The summed E-state index contributed by atoms with van der Waals surface area (Å²) in [5, 5.41) is -5.95. The van der Waals surface area contributed by atoms with Crippen molar-refractivity contribution >= 4 is 22.0 Å². The van der Waals surface area contributed by atoms with Gasteiger partial charge in [-0.15, -0.1) is 0 Å². The van der Waals surface area contributed by atoms with Gasteiger partial charge >= 0.3 is 51.3 Å². The van der Waals surface area contributed by atoms with E-state index < -0.39 is 95.2 Å². The van der Waals surface area contributed by atoms with Crippen molar-refractivity contribution in [3.8, 4) is 0 Å². The molecule has 0 heterocycles. The summed E-state index contributed by atoms with van der Waals surface area (Å²) in [6.45, 7) is 2.00. The molecule has 0 bridgehead atoms. The molecule has 1 atom stereocenters. The Bertz CT molecular complexity index is 949. The van der Waals surface area contributed by atoms with Crippen molar-refractivity contribution in [3.63, 3.8) is 0 Å². The van der Waals surface area contributed by atoms with Crippen LogP contribution in [0.5, 0.6) is 0 Å². The lowest BCUT2D eigenvalue weighted by Crippen LogP contribution is -2.64. The predicted molar refractivity (Wildman–Crippen MR) is 108 cm³/mol. The molecule has 0 aliphatic heterocycles. The molecule has 0 saturated heterocycles. The Balaban J connectivity index is 6.21. The number of unbranched alkanes of at least 4 members (excludes halogenated alkanes) is 1. The van der Waals surface area contributed by atoms with Crippen molar-refractivity contribution in [3.05, 3.63) is 0 Å². The van der Waals surface area contributed by atoms with E-state index in [0.717, 1.165) is 0 Å². The second-order valence-electron chi connectivity index (χ2n) is 8.81. The van der Waals surface area contributed by atoms with E-state index in [-0.39, 0.29) is 13.8 Å². The number of hydrogen-bond acceptors (Lipinski definition) is 6. The van der Waals surface area contributed by atoms with Crippen LogP contribution in [0.1, 0.15) is 53.9 Å². The fourth-order valence-electron chi connectivity index (χ4n) is 2.70. The highest BCUT2D eigenvalue weighted by Crippen LogP contribution is 2.44. The third-order valence-electron chi connectivity index (χ3n) is 5.28. The van der Waals surface area contributed by atoms with Crippen LogP contribution in [-0.4, -0.2) is 78.3 Å². The van der Waals surface area contributed by atoms with Gasteiger partial charge in [0.15, 0.2) is 5.41 Å². The van der Waals surface area contributed by atoms with Crippen molar-refractivity contribution in [2.45, 2.75) is 89.2 Å². The largest absolute Gasteiger partial charge is 0.466 e. The minimum absolute atomic E-state index is 0.165. The minimum Gasteiger partial charge on any atom is -0.415 e. The Morgan fingerprint density at radius 1 is 0.895 bits per heavy atom. The van der Waals surface area contributed by atoms with Crippen molar-refractivity contribution in [1.82, 2.24) is 4.90 Å². The minimum atomic E-state index is -6.58. The van der Waals surface area contributed by atoms with E-state index in [9.17, 15) is 61.9 Å². The molecular weight excluding hydrogens is 576 g/mol. The molecule has 226 valence electrons. The molecule has 19 heteroatoms. The Hall–Kier alpha value is -1.89. The lowest BCUT2D eigenvalue weighted by Gasteiger charge is -2.40. The van der Waals surface area contributed by atoms with E-state index in [1.165, 1.54) is 20.8 Å². The quantitative estimate of drug-likeness (QED) is 0.104. The van der Waals surface area contributed by atoms with Crippen molar-refractivity contribution in [1.29, 1.82) is 0 Å². The van der Waals surface area contributed by atoms with E-state index in [1.54, 1.807) is 0 Å². The zero-order chi connectivity index (χ0) is 30.8. The van der Waals surface area contributed by atoms with E-state index in [1.807, 2.05) is 0 Å². The maximum Gasteiger partial charge on any atom is 0.466 e. The average molecular weight is 603 g/mol. The van der Waals surface area contributed by atoms with E-state index >= 15 is 0 Å². The molecule has 0 aliphatic rings. The number of nitrogens with zero attached hydrogens (tertiary/aromatic N) is 1. The van der Waals surface area contributed by atoms with Gasteiger partial charge in [0.05, 0.1) is 6.61 Å². The number of ether oxygens (including phenoxy) is 2. The van der Waals surface area contributed by atoms with Crippen LogP contribution in [0.3, 0.4) is 0 Å². The van der Waals surface area contributed by atoms with Crippen molar-refractivity contribution in [2.24, 2.45) is 5.41 Å². The van der Waals surface area contributed by atoms with Gasteiger partial charge in [-0.25, -0.2) is 0 Å². The number of rotatable bonds is 13. The Morgan fingerprint density at radius 3 is 1.71 bits per heavy atom. The number of carbonyl (C=O) groups excluding carboxylic acids is 2. The van der Waals surface area contributed by atoms with Crippen molar-refractivity contribution in [2.75, 3.05) is 13.2 Å². The Morgan fingerprint density at radius 2 is 1.37 bits per heavy atom. The number of alkyl halides is 10. The third kappa shape index (κ3) is 7.40. The van der Waals surface area contributed by atoms with E-state index in [0.29, 0.717) is 4.90 Å². The second kappa shape index (κ2) is 11.7. The highest BCUT2D eigenvalue weighted by atomic mass is 32.2. The lowest BCUT2D eigenvalue weighted by molar-refractivity contribution is -0.357. The summed E-state index contributed by atoms with van der Waals surface area (Å²) in [5.41, 5.74) is -3.58. The molecule has 8 nitrogen and oxygen atoms in total. The highest BCUT2D eigenvalue weighted by molar-refractivity contribution is 7.87. The predicted octanol–water partition coefficient (Wildman–Crippen LogP) is 4.94. The van der Waals surface area contributed by atoms with Gasteiger partial charge in [0, 0.05) is 19.0 Å². The van der Waals surface area contributed by atoms with Crippen LogP contribution in [-0.2, 0) is 29.2 Å². The number of esters is 1. The van der Waals surface area contributed by atoms with Gasteiger partial charge in [0.2, 0.25) is 0 Å². The lowest BCUT2D eigenvalue weighted by atomic mass is 9.93. The smallest absolute Gasteiger partial charge is 0.415 e. The van der Waals surface area contributed by atoms with Crippen LogP contribution in [0, 0.1) is 5.41 Å². The number of hydrogen-bond donors (Lipinski definition) is 1. The Labute approximate surface area is 211 Å². The standard InChI is InChI=1S/C19H27F10NO7S/c1-6-30(11(2)3)12(31)16(18(25,26)27,37-13(32)14(4,5)17(22,23)24)36-10-8-7-9-15(20,21)19(28,29)38(33,34)35/h11H,6-10H2,1-5H3,(H,33,34,35). The fourth-order valence-corrected chi connectivity index (χ4v) is 3.18. The molecule has 0 fully saturated rings. The first-order chi connectivity index (χ1) is 16.6. The molecule has 1 amide bonds. The van der Waals surface area contributed by atoms with Crippen LogP contribution in [0.25, 0.3) is 0 Å². The molecule has 0 aliphatic carbocycles. The van der Waals surface area contributed by atoms with Gasteiger partial charge in [0.25, 0.3) is 0 Å². The number of likely N-dealkylation sites (N-methyl/N-ethyl adjacent to an activating group) is 1. The first-order valence-electron chi connectivity index (χ1n) is 10.7. The van der Waals surface area contributed by atoms with Gasteiger partial charge in [0.1, 0.15) is 0 Å². The van der Waals surface area contributed by atoms with E-state index in [4.69, 9.17) is 4.55 Å². The average Bonchev–Trinajstić information content (AvgIpc) is 2.69.